The lowest BCUT2D eigenvalue weighted by molar-refractivity contribution is -0.387. The van der Waals surface area contributed by atoms with E-state index in [0.29, 0.717) is 0 Å². The average molecular weight is 1430 g/mol. The van der Waals surface area contributed by atoms with Crippen LogP contribution in [0.2, 0.25) is 0 Å². The van der Waals surface area contributed by atoms with Crippen LogP contribution in [0, 0.1) is 0 Å². The molecule has 0 aliphatic heterocycles. The molecule has 18 aromatic carbocycles. The Hall–Kier alpha value is -14.1. The molecule has 2 heteroatoms. The smallest absolute Gasteiger partial charge is 0.179 e. The zero-order chi connectivity index (χ0) is 74.9. The highest BCUT2D eigenvalue weighted by Gasteiger charge is 2.48. The van der Waals surface area contributed by atoms with Crippen molar-refractivity contribution in [3.05, 3.63) is 507 Å². The summed E-state index contributed by atoms with van der Waals surface area (Å²) >= 11 is 0. The molecule has 18 aromatic rings. The van der Waals surface area contributed by atoms with E-state index >= 15 is 0 Å². The Morgan fingerprint density at radius 2 is 0.188 bits per heavy atom. The fourth-order valence-corrected chi connectivity index (χ4v) is 16.0. The van der Waals surface area contributed by atoms with Crippen molar-refractivity contribution < 1.29 is 9.78 Å². The van der Waals surface area contributed by atoms with Crippen LogP contribution in [0.25, 0.3) is 134 Å². The molecule has 0 radical (unpaired) electrons. The molecule has 112 heavy (non-hydrogen) atoms. The Morgan fingerprint density at radius 1 is 0.0982 bits per heavy atom. The third-order valence-electron chi connectivity index (χ3n) is 21.6. The number of hydrogen-bond acceptors (Lipinski definition) is 2. The van der Waals surface area contributed by atoms with E-state index in [0.717, 1.165) is 167 Å². The van der Waals surface area contributed by atoms with Gasteiger partial charge in [-0.15, -0.1) is 0 Å². The van der Waals surface area contributed by atoms with E-state index in [9.17, 15) is 0 Å². The van der Waals surface area contributed by atoms with Gasteiger partial charge in [-0.3, -0.25) is 0 Å². The van der Waals surface area contributed by atoms with Crippen LogP contribution >= 0.6 is 0 Å². The topological polar surface area (TPSA) is 18.5 Å². The van der Waals surface area contributed by atoms with Crippen LogP contribution in [0.5, 0.6) is 0 Å². The molecule has 0 fully saturated rings. The van der Waals surface area contributed by atoms with E-state index in [4.69, 9.17) is 9.78 Å². The van der Waals surface area contributed by atoms with Gasteiger partial charge >= 0.3 is 0 Å². The van der Waals surface area contributed by atoms with Gasteiger partial charge in [0, 0.05) is 0 Å². The second-order valence-corrected chi connectivity index (χ2v) is 28.7. The van der Waals surface area contributed by atoms with Crippen molar-refractivity contribution in [2.75, 3.05) is 0 Å². The van der Waals surface area contributed by atoms with E-state index in [1.165, 1.54) is 0 Å². The van der Waals surface area contributed by atoms with E-state index in [1.54, 1.807) is 0 Å². The van der Waals surface area contributed by atoms with E-state index < -0.39 is 11.2 Å². The van der Waals surface area contributed by atoms with Gasteiger partial charge in [0.15, 0.2) is 11.2 Å². The molecule has 0 saturated heterocycles. The molecule has 0 aliphatic carbocycles. The van der Waals surface area contributed by atoms with Crippen LogP contribution in [0.1, 0.15) is 33.4 Å². The minimum Gasteiger partial charge on any atom is -0.214 e. The lowest BCUT2D eigenvalue weighted by Gasteiger charge is -2.42. The summed E-state index contributed by atoms with van der Waals surface area (Å²) in [5.41, 5.74) is 25.9. The van der Waals surface area contributed by atoms with Crippen molar-refractivity contribution in [2.45, 2.75) is 11.2 Å². The van der Waals surface area contributed by atoms with Crippen LogP contribution in [0.15, 0.2) is 473 Å². The SMILES string of the molecule is c1ccc(-c2cc(-c3ccccc3)cc(C(OOC(c3cc(-c4ccccc4)cc(-c4ccccc4)c3)(c3cc(-c4ccccc4)cc(-c4ccccc4)c3)c3cc(-c4ccccc4)cc(-c4ccccc4)c3)(c3cc(-c4ccccc4)cc(-c4ccccc4)c3)c3cc(-c4ccccc4)cc(-c4ccccc4)c3)c2)cc1. The summed E-state index contributed by atoms with van der Waals surface area (Å²) in [7, 11) is 0. The van der Waals surface area contributed by atoms with Gasteiger partial charge in [-0.2, -0.15) is 0 Å². The Morgan fingerprint density at radius 3 is 0.277 bits per heavy atom. The first-order valence-corrected chi connectivity index (χ1v) is 38.4. The summed E-state index contributed by atoms with van der Waals surface area (Å²) in [5.74, 6) is 0. The minimum atomic E-state index is -1.76. The van der Waals surface area contributed by atoms with E-state index in [2.05, 4.69) is 473 Å². The summed E-state index contributed by atoms with van der Waals surface area (Å²) in [6.45, 7) is 0. The second kappa shape index (κ2) is 31.6. The van der Waals surface area contributed by atoms with Crippen molar-refractivity contribution in [1.29, 1.82) is 0 Å². The fraction of sp³-hybridized carbons (Fsp3) is 0.0182. The van der Waals surface area contributed by atoms with Crippen molar-refractivity contribution in [1.82, 2.24) is 0 Å². The largest absolute Gasteiger partial charge is 0.214 e. The Bertz CT molecular complexity index is 4880. The number of benzene rings is 18. The van der Waals surface area contributed by atoms with Crippen LogP contribution in [0.3, 0.4) is 0 Å². The maximum absolute atomic E-state index is 9.04. The number of hydrogen-bond donors (Lipinski definition) is 0. The lowest BCUT2D eigenvalue weighted by Crippen LogP contribution is -2.40. The standard InChI is InChI=1S/C110H78O2/c1-13-37-79(38-14-1)91-61-92(80-39-15-2-16-40-80)68-103(67-91)109(104-69-93(81-41-17-3-18-42-81)62-94(70-104)82-43-19-4-20-44-82,105-71-95(83-45-21-5-22-46-83)63-96(72-105)84-47-23-6-24-48-84)111-112-110(106-73-97(85-49-25-7-26-50-85)64-98(74-106)86-51-27-8-28-52-86,107-75-99(87-53-29-9-30-54-87)65-100(76-107)88-55-31-10-32-56-88)108-77-101(89-57-33-11-34-58-89)66-102(78-108)90-59-35-12-36-60-90/h1-78H. The van der Waals surface area contributed by atoms with E-state index in [-0.39, 0.29) is 0 Å². The lowest BCUT2D eigenvalue weighted by atomic mass is 9.75. The minimum absolute atomic E-state index is 0.823. The van der Waals surface area contributed by atoms with Crippen molar-refractivity contribution >= 4 is 0 Å². The van der Waals surface area contributed by atoms with Gasteiger partial charge in [0.1, 0.15) is 0 Å². The monoisotopic (exact) mass is 1430 g/mol. The summed E-state index contributed by atoms with van der Waals surface area (Å²) in [5, 5.41) is 0. The molecule has 2 nitrogen and oxygen atoms in total. The molecule has 530 valence electrons. The molecule has 0 aromatic heterocycles. The Balaban J connectivity index is 1.07. The zero-order valence-corrected chi connectivity index (χ0v) is 61.8. The molecular formula is C110H78O2. The molecular weight excluding hydrogens is 1350 g/mol. The van der Waals surface area contributed by atoms with Crippen molar-refractivity contribution in [3.63, 3.8) is 0 Å². The molecule has 18 rings (SSSR count). The third-order valence-corrected chi connectivity index (χ3v) is 21.6. The quantitative estimate of drug-likeness (QED) is 0.0406. The summed E-state index contributed by atoms with van der Waals surface area (Å²) in [6.07, 6.45) is 0. The van der Waals surface area contributed by atoms with Gasteiger partial charge in [-0.25, -0.2) is 9.78 Å². The molecule has 0 unspecified atom stereocenters. The summed E-state index contributed by atoms with van der Waals surface area (Å²) < 4.78 is 0. The molecule has 0 aliphatic rings. The zero-order valence-electron chi connectivity index (χ0n) is 61.8. The van der Waals surface area contributed by atoms with Gasteiger partial charge in [0.25, 0.3) is 0 Å². The maximum atomic E-state index is 9.04. The van der Waals surface area contributed by atoms with E-state index in [1.807, 2.05) is 0 Å². The molecule has 0 heterocycles. The fourth-order valence-electron chi connectivity index (χ4n) is 16.0. The highest BCUT2D eigenvalue weighted by molar-refractivity contribution is 5.85. The van der Waals surface area contributed by atoms with Crippen molar-refractivity contribution in [3.8, 4) is 134 Å². The molecule has 0 spiro atoms. The van der Waals surface area contributed by atoms with Gasteiger partial charge in [0.2, 0.25) is 0 Å². The molecule has 0 bridgehead atoms. The maximum Gasteiger partial charge on any atom is 0.179 e. The van der Waals surface area contributed by atoms with Crippen LogP contribution < -0.4 is 0 Å². The van der Waals surface area contributed by atoms with Gasteiger partial charge < -0.3 is 0 Å². The van der Waals surface area contributed by atoms with Crippen LogP contribution in [0.4, 0.5) is 0 Å². The molecule has 0 atom stereocenters. The normalized spacial score (nSPS) is 11.5. The second-order valence-electron chi connectivity index (χ2n) is 28.7. The first kappa shape index (κ1) is 69.6. The third kappa shape index (κ3) is 14.4. The Labute approximate surface area is 656 Å². The highest BCUT2D eigenvalue weighted by atomic mass is 17.2. The first-order chi connectivity index (χ1) is 55.4. The predicted octanol–water partition coefficient (Wildman–Crippen LogP) is 28.9. The predicted molar refractivity (Wildman–Crippen MR) is 466 cm³/mol. The number of rotatable bonds is 21. The van der Waals surface area contributed by atoms with Crippen LogP contribution in [-0.4, -0.2) is 0 Å². The van der Waals surface area contributed by atoms with Gasteiger partial charge in [-0.05, 0) is 276 Å². The summed E-state index contributed by atoms with van der Waals surface area (Å²) in [6, 6.07) is 172. The van der Waals surface area contributed by atoms with Crippen LogP contribution in [-0.2, 0) is 21.0 Å². The molecule has 0 saturated carbocycles. The van der Waals surface area contributed by atoms with Crippen molar-refractivity contribution in [2.24, 2.45) is 0 Å². The highest BCUT2D eigenvalue weighted by Crippen LogP contribution is 2.54. The molecule has 0 N–H and O–H groups in total. The first-order valence-electron chi connectivity index (χ1n) is 38.4. The van der Waals surface area contributed by atoms with Gasteiger partial charge in [-0.1, -0.05) is 364 Å². The molecule has 0 amide bonds. The Kier molecular flexibility index (Phi) is 19.6. The van der Waals surface area contributed by atoms with Gasteiger partial charge in [0.05, 0.1) is 0 Å². The average Bonchev–Trinajstić information content (AvgIpc) is 0.717. The summed E-state index contributed by atoms with van der Waals surface area (Å²) in [4.78, 5) is 18.1.